The number of fused-ring (bicyclic) bond motifs is 1. The first-order chi connectivity index (χ1) is 14.0. The second-order valence-corrected chi connectivity index (χ2v) is 8.13. The molecule has 0 saturated heterocycles. The molecule has 0 fully saturated rings. The van der Waals surface area contributed by atoms with Gasteiger partial charge in [-0.1, -0.05) is 18.2 Å². The second kappa shape index (κ2) is 8.08. The molecular formula is C21H21N3O4S. The molecule has 2 atom stereocenters. The summed E-state index contributed by atoms with van der Waals surface area (Å²) in [6.07, 6.45) is -0.709. The van der Waals surface area contributed by atoms with Crippen LogP contribution in [0.15, 0.2) is 54.6 Å². The number of nitrogens with one attached hydrogen (secondary N) is 1. The van der Waals surface area contributed by atoms with Crippen molar-refractivity contribution in [2.24, 2.45) is 0 Å². The Labute approximate surface area is 171 Å². The first kappa shape index (κ1) is 19.2. The van der Waals surface area contributed by atoms with Crippen LogP contribution < -0.4 is 14.8 Å². The van der Waals surface area contributed by atoms with Gasteiger partial charge < -0.3 is 14.8 Å². The molecule has 4 rings (SSSR count). The van der Waals surface area contributed by atoms with E-state index in [9.17, 15) is 9.00 Å². The van der Waals surface area contributed by atoms with Gasteiger partial charge in [-0.05, 0) is 43.3 Å². The number of para-hydroxylation sites is 1. The lowest BCUT2D eigenvalue weighted by Gasteiger charge is -2.16. The number of carbonyl (C=O) groups excluding carboxylic acids is 1. The van der Waals surface area contributed by atoms with Crippen molar-refractivity contribution >= 4 is 22.5 Å². The van der Waals surface area contributed by atoms with Gasteiger partial charge in [0.25, 0.3) is 5.91 Å². The van der Waals surface area contributed by atoms with E-state index in [0.717, 1.165) is 22.7 Å². The van der Waals surface area contributed by atoms with E-state index in [1.165, 1.54) is 0 Å². The summed E-state index contributed by atoms with van der Waals surface area (Å²) < 4.78 is 24.6. The van der Waals surface area contributed by atoms with Crippen LogP contribution in [0.1, 0.15) is 18.2 Å². The maximum Gasteiger partial charge on any atom is 0.266 e. The van der Waals surface area contributed by atoms with Crippen molar-refractivity contribution in [2.75, 3.05) is 12.4 Å². The number of amides is 1. The summed E-state index contributed by atoms with van der Waals surface area (Å²) in [6.45, 7) is 1.69. The molecule has 1 amide bonds. The number of methoxy groups -OCH3 is 1. The van der Waals surface area contributed by atoms with Gasteiger partial charge in [-0.3, -0.25) is 9.00 Å². The Bertz CT molecular complexity index is 1050. The van der Waals surface area contributed by atoms with Gasteiger partial charge in [-0.15, -0.1) is 0 Å². The zero-order valence-corrected chi connectivity index (χ0v) is 16.9. The van der Waals surface area contributed by atoms with Gasteiger partial charge >= 0.3 is 0 Å². The number of carbonyl (C=O) groups is 1. The zero-order chi connectivity index (χ0) is 20.4. The van der Waals surface area contributed by atoms with E-state index in [4.69, 9.17) is 9.47 Å². The van der Waals surface area contributed by atoms with Gasteiger partial charge in [-0.2, -0.15) is 5.10 Å². The van der Waals surface area contributed by atoms with E-state index >= 15 is 0 Å². The first-order valence-electron chi connectivity index (χ1n) is 9.18. The topological polar surface area (TPSA) is 82.4 Å². The fourth-order valence-corrected chi connectivity index (χ4v) is 4.41. The fourth-order valence-electron chi connectivity index (χ4n) is 3.14. The predicted molar refractivity (Wildman–Crippen MR) is 111 cm³/mol. The minimum absolute atomic E-state index is 0.302. The van der Waals surface area contributed by atoms with E-state index in [1.54, 1.807) is 30.8 Å². The molecule has 2 heterocycles. The first-order valence-corrected chi connectivity index (χ1v) is 10.7. The minimum atomic E-state index is -1.00. The van der Waals surface area contributed by atoms with Crippen LogP contribution in [-0.4, -0.2) is 33.1 Å². The Kier molecular flexibility index (Phi) is 5.35. The quantitative estimate of drug-likeness (QED) is 0.674. The van der Waals surface area contributed by atoms with Crippen molar-refractivity contribution in [3.05, 3.63) is 65.9 Å². The molecule has 1 aliphatic heterocycles. The Morgan fingerprint density at radius 3 is 2.52 bits per heavy atom. The van der Waals surface area contributed by atoms with Crippen molar-refractivity contribution < 1.29 is 18.5 Å². The van der Waals surface area contributed by atoms with Crippen LogP contribution in [0.2, 0.25) is 0 Å². The van der Waals surface area contributed by atoms with Crippen LogP contribution >= 0.6 is 0 Å². The third kappa shape index (κ3) is 4.02. The SMILES string of the molecule is COc1ccc(-n2nc3c(c2NC(=O)[C@@H](C)Oc2ccccc2)C[S@](=O)C3)cc1. The van der Waals surface area contributed by atoms with Crippen molar-refractivity contribution in [3.8, 4) is 17.2 Å². The molecule has 3 aromatic rings. The summed E-state index contributed by atoms with van der Waals surface area (Å²) in [6, 6.07) is 16.5. The molecule has 1 N–H and O–H groups in total. The third-order valence-corrected chi connectivity index (χ3v) is 5.86. The van der Waals surface area contributed by atoms with Gasteiger partial charge in [0.1, 0.15) is 17.3 Å². The number of anilines is 1. The monoisotopic (exact) mass is 411 g/mol. The fraction of sp³-hybridized carbons (Fsp3) is 0.238. The molecule has 0 radical (unpaired) electrons. The smallest absolute Gasteiger partial charge is 0.266 e. The normalized spacial score (nSPS) is 16.1. The average Bonchev–Trinajstić information content (AvgIpc) is 3.25. The average molecular weight is 411 g/mol. The number of ether oxygens (including phenoxy) is 2. The highest BCUT2D eigenvalue weighted by atomic mass is 32.2. The van der Waals surface area contributed by atoms with Crippen molar-refractivity contribution in [2.45, 2.75) is 24.5 Å². The van der Waals surface area contributed by atoms with E-state index in [0.29, 0.717) is 23.1 Å². The lowest BCUT2D eigenvalue weighted by Crippen LogP contribution is -2.31. The minimum Gasteiger partial charge on any atom is -0.497 e. The lowest BCUT2D eigenvalue weighted by atomic mass is 10.2. The highest BCUT2D eigenvalue weighted by Crippen LogP contribution is 2.32. The van der Waals surface area contributed by atoms with Crippen molar-refractivity contribution in [1.29, 1.82) is 0 Å². The molecule has 0 bridgehead atoms. The van der Waals surface area contributed by atoms with Gasteiger partial charge in [0.15, 0.2) is 6.10 Å². The Hall–Kier alpha value is -3.13. The lowest BCUT2D eigenvalue weighted by molar-refractivity contribution is -0.122. The van der Waals surface area contributed by atoms with Crippen LogP contribution in [-0.2, 0) is 27.1 Å². The molecule has 1 aromatic heterocycles. The highest BCUT2D eigenvalue weighted by Gasteiger charge is 2.29. The van der Waals surface area contributed by atoms with Crippen LogP contribution in [0.3, 0.4) is 0 Å². The van der Waals surface area contributed by atoms with E-state index < -0.39 is 16.9 Å². The molecule has 150 valence electrons. The maximum atomic E-state index is 12.8. The van der Waals surface area contributed by atoms with E-state index in [1.807, 2.05) is 42.5 Å². The van der Waals surface area contributed by atoms with Crippen molar-refractivity contribution in [3.63, 3.8) is 0 Å². The molecule has 0 spiro atoms. The predicted octanol–water partition coefficient (Wildman–Crippen LogP) is 3.05. The number of aromatic nitrogens is 2. The van der Waals surface area contributed by atoms with Crippen LogP contribution in [0, 0.1) is 0 Å². The molecule has 0 unspecified atom stereocenters. The van der Waals surface area contributed by atoms with Gasteiger partial charge in [-0.25, -0.2) is 4.68 Å². The van der Waals surface area contributed by atoms with E-state index in [2.05, 4.69) is 10.4 Å². The Balaban J connectivity index is 1.61. The molecule has 8 heteroatoms. The molecule has 29 heavy (non-hydrogen) atoms. The summed E-state index contributed by atoms with van der Waals surface area (Å²) in [7, 11) is 0.600. The molecule has 0 aliphatic carbocycles. The molecule has 2 aromatic carbocycles. The van der Waals surface area contributed by atoms with Crippen LogP contribution in [0.25, 0.3) is 5.69 Å². The van der Waals surface area contributed by atoms with Gasteiger partial charge in [0, 0.05) is 16.4 Å². The van der Waals surface area contributed by atoms with Gasteiger partial charge in [0.05, 0.1) is 30.0 Å². The number of hydrogen-bond acceptors (Lipinski definition) is 5. The standard InChI is InChI=1S/C21H21N3O4S/c1-14(28-17-6-4-3-5-7-17)21(25)22-20-18-12-29(26)13-19(18)23-24(20)15-8-10-16(27-2)11-9-15/h3-11,14H,12-13H2,1-2H3,(H,22,25)/t14-,29+/m1/s1. The Morgan fingerprint density at radius 2 is 1.83 bits per heavy atom. The summed E-state index contributed by atoms with van der Waals surface area (Å²) in [5, 5.41) is 7.52. The summed E-state index contributed by atoms with van der Waals surface area (Å²) >= 11 is 0. The van der Waals surface area contributed by atoms with Crippen molar-refractivity contribution in [1.82, 2.24) is 9.78 Å². The molecule has 7 nitrogen and oxygen atoms in total. The van der Waals surface area contributed by atoms with Gasteiger partial charge in [0.2, 0.25) is 0 Å². The maximum absolute atomic E-state index is 12.8. The largest absolute Gasteiger partial charge is 0.497 e. The Morgan fingerprint density at radius 1 is 1.10 bits per heavy atom. The summed E-state index contributed by atoms with van der Waals surface area (Å²) in [5.41, 5.74) is 2.32. The number of benzene rings is 2. The second-order valence-electron chi connectivity index (χ2n) is 6.67. The number of nitrogens with zero attached hydrogens (tertiary/aromatic N) is 2. The van der Waals surface area contributed by atoms with E-state index in [-0.39, 0.29) is 5.91 Å². The number of hydrogen-bond donors (Lipinski definition) is 1. The molecule has 0 saturated carbocycles. The number of rotatable bonds is 6. The highest BCUT2D eigenvalue weighted by molar-refractivity contribution is 7.83. The van der Waals surface area contributed by atoms with Crippen LogP contribution in [0.5, 0.6) is 11.5 Å². The third-order valence-electron chi connectivity index (χ3n) is 4.65. The van der Waals surface area contributed by atoms with Crippen LogP contribution in [0.4, 0.5) is 5.82 Å². The summed E-state index contributed by atoms with van der Waals surface area (Å²) in [5.74, 6) is 2.33. The molecular weight excluding hydrogens is 390 g/mol. The summed E-state index contributed by atoms with van der Waals surface area (Å²) in [4.78, 5) is 12.8. The molecule has 1 aliphatic rings. The zero-order valence-electron chi connectivity index (χ0n) is 16.1.